The highest BCUT2D eigenvalue weighted by molar-refractivity contribution is 5.79. The van der Waals surface area contributed by atoms with E-state index in [0.717, 1.165) is 24.1 Å². The first-order valence-corrected chi connectivity index (χ1v) is 7.25. The summed E-state index contributed by atoms with van der Waals surface area (Å²) in [6.07, 6.45) is 4.22. The van der Waals surface area contributed by atoms with Gasteiger partial charge in [-0.2, -0.15) is 5.10 Å². The molecular weight excluding hydrogens is 266 g/mol. The van der Waals surface area contributed by atoms with Gasteiger partial charge in [-0.15, -0.1) is 0 Å². The summed E-state index contributed by atoms with van der Waals surface area (Å²) in [6, 6.07) is 9.20. The van der Waals surface area contributed by atoms with Gasteiger partial charge in [0.25, 0.3) is 0 Å². The average Bonchev–Trinajstić information content (AvgIpc) is 3.00. The van der Waals surface area contributed by atoms with Crippen molar-refractivity contribution in [3.05, 3.63) is 53.3 Å². The van der Waals surface area contributed by atoms with Gasteiger partial charge in [-0.05, 0) is 24.0 Å². The minimum atomic E-state index is -0.345. The van der Waals surface area contributed by atoms with Crippen molar-refractivity contribution in [3.63, 3.8) is 0 Å². The molecule has 1 amide bonds. The molecule has 5 nitrogen and oxygen atoms in total. The minimum Gasteiger partial charge on any atom is -0.394 e. The van der Waals surface area contributed by atoms with Crippen molar-refractivity contribution < 1.29 is 9.90 Å². The number of aliphatic hydroxyl groups excluding tert-OH is 1. The van der Waals surface area contributed by atoms with Crippen LogP contribution in [0.1, 0.15) is 29.3 Å². The van der Waals surface area contributed by atoms with Crippen LogP contribution in [0, 0.1) is 5.92 Å². The second-order valence-electron chi connectivity index (χ2n) is 5.47. The normalized spacial score (nSPS) is 18.8. The molecule has 1 heterocycles. The van der Waals surface area contributed by atoms with Gasteiger partial charge in [0.2, 0.25) is 5.91 Å². The molecule has 21 heavy (non-hydrogen) atoms. The highest BCUT2D eigenvalue weighted by atomic mass is 16.3. The number of aryl methyl sites for hydroxylation is 1. The Morgan fingerprint density at radius 1 is 1.43 bits per heavy atom. The summed E-state index contributed by atoms with van der Waals surface area (Å²) >= 11 is 0. The molecule has 1 unspecified atom stereocenters. The zero-order valence-corrected chi connectivity index (χ0v) is 11.7. The van der Waals surface area contributed by atoms with Crippen LogP contribution in [0.25, 0.3) is 0 Å². The largest absolute Gasteiger partial charge is 0.394 e. The van der Waals surface area contributed by atoms with Gasteiger partial charge in [0.1, 0.15) is 0 Å². The molecule has 0 spiro atoms. The number of amides is 1. The third-order valence-corrected chi connectivity index (χ3v) is 4.09. The summed E-state index contributed by atoms with van der Waals surface area (Å²) in [6.45, 7) is -0.0994. The minimum absolute atomic E-state index is 0.00171. The van der Waals surface area contributed by atoms with Crippen LogP contribution in [0.4, 0.5) is 0 Å². The Balaban J connectivity index is 1.66. The van der Waals surface area contributed by atoms with E-state index in [0.29, 0.717) is 6.42 Å². The monoisotopic (exact) mass is 285 g/mol. The van der Waals surface area contributed by atoms with Gasteiger partial charge in [0.05, 0.1) is 18.8 Å². The van der Waals surface area contributed by atoms with Gasteiger partial charge in [-0.1, -0.05) is 30.3 Å². The van der Waals surface area contributed by atoms with E-state index in [1.54, 1.807) is 0 Å². The molecule has 1 aliphatic rings. The lowest BCUT2D eigenvalue weighted by atomic mass is 9.87. The quantitative estimate of drug-likeness (QED) is 0.794. The Hall–Kier alpha value is -2.14. The number of nitrogens with one attached hydrogen (secondary N) is 2. The lowest BCUT2D eigenvalue weighted by molar-refractivity contribution is -0.126. The zero-order chi connectivity index (χ0) is 14.7. The molecule has 2 atom stereocenters. The lowest BCUT2D eigenvalue weighted by Crippen LogP contribution is -2.37. The first kappa shape index (κ1) is 13.8. The average molecular weight is 285 g/mol. The predicted molar refractivity (Wildman–Crippen MR) is 78.5 cm³/mol. The van der Waals surface area contributed by atoms with E-state index in [2.05, 4.69) is 15.5 Å². The topological polar surface area (TPSA) is 78.0 Å². The Labute approximate surface area is 123 Å². The van der Waals surface area contributed by atoms with Gasteiger partial charge in [-0.3, -0.25) is 9.89 Å². The number of fused-ring (bicyclic) bond motifs is 1. The summed E-state index contributed by atoms with van der Waals surface area (Å²) in [4.78, 5) is 12.4. The van der Waals surface area contributed by atoms with Gasteiger partial charge >= 0.3 is 0 Å². The van der Waals surface area contributed by atoms with Crippen LogP contribution < -0.4 is 5.32 Å². The summed E-state index contributed by atoms with van der Waals surface area (Å²) in [5.41, 5.74) is 3.19. The highest BCUT2D eigenvalue weighted by Gasteiger charge is 2.27. The zero-order valence-electron chi connectivity index (χ0n) is 11.7. The van der Waals surface area contributed by atoms with E-state index in [1.807, 2.05) is 36.5 Å². The van der Waals surface area contributed by atoms with E-state index in [1.165, 1.54) is 5.56 Å². The molecule has 0 radical (unpaired) electrons. The number of aromatic nitrogens is 2. The summed E-state index contributed by atoms with van der Waals surface area (Å²) < 4.78 is 0. The molecule has 1 aliphatic carbocycles. The van der Waals surface area contributed by atoms with Crippen molar-refractivity contribution in [1.29, 1.82) is 0 Å². The number of hydrogen-bond acceptors (Lipinski definition) is 3. The predicted octanol–water partition coefficient (Wildman–Crippen LogP) is 1.36. The fraction of sp³-hybridized carbons (Fsp3) is 0.375. The van der Waals surface area contributed by atoms with E-state index in [-0.39, 0.29) is 24.5 Å². The SMILES string of the molecule is O=C(N[C@H](CO)c1ccccc1)C1CCc2cn[nH]c2C1. The Morgan fingerprint density at radius 2 is 2.24 bits per heavy atom. The fourth-order valence-corrected chi connectivity index (χ4v) is 2.84. The van der Waals surface area contributed by atoms with Gasteiger partial charge in [0, 0.05) is 18.0 Å². The Bertz CT molecular complexity index is 609. The van der Waals surface area contributed by atoms with Crippen molar-refractivity contribution in [2.75, 3.05) is 6.61 Å². The first-order chi connectivity index (χ1) is 10.3. The van der Waals surface area contributed by atoms with Crippen LogP contribution in [0.3, 0.4) is 0 Å². The molecule has 3 N–H and O–H groups in total. The summed E-state index contributed by atoms with van der Waals surface area (Å²) in [7, 11) is 0. The number of aliphatic hydroxyl groups is 1. The number of hydrogen-bond donors (Lipinski definition) is 3. The summed E-state index contributed by atoms with van der Waals surface area (Å²) in [5, 5.41) is 19.5. The Kier molecular flexibility index (Phi) is 4.01. The van der Waals surface area contributed by atoms with Crippen molar-refractivity contribution in [3.8, 4) is 0 Å². The fourth-order valence-electron chi connectivity index (χ4n) is 2.84. The number of H-pyrrole nitrogens is 1. The van der Waals surface area contributed by atoms with Crippen LogP contribution in [0.2, 0.25) is 0 Å². The molecule has 0 saturated carbocycles. The smallest absolute Gasteiger partial charge is 0.224 e. The maximum Gasteiger partial charge on any atom is 0.224 e. The van der Waals surface area contributed by atoms with Gasteiger partial charge in [-0.25, -0.2) is 0 Å². The number of aromatic amines is 1. The first-order valence-electron chi connectivity index (χ1n) is 7.25. The van der Waals surface area contributed by atoms with Crippen LogP contribution in [0.5, 0.6) is 0 Å². The molecule has 1 aromatic heterocycles. The molecule has 0 aliphatic heterocycles. The standard InChI is InChI=1S/C16H19N3O2/c20-10-15(11-4-2-1-3-5-11)18-16(21)12-6-7-13-9-17-19-14(13)8-12/h1-5,9,12,15,20H,6-8,10H2,(H,17,19)(H,18,21)/t12?,15-/m1/s1. The number of nitrogens with zero attached hydrogens (tertiary/aromatic N) is 1. The highest BCUT2D eigenvalue weighted by Crippen LogP contribution is 2.24. The third-order valence-electron chi connectivity index (χ3n) is 4.09. The second-order valence-corrected chi connectivity index (χ2v) is 5.47. The molecule has 0 fully saturated rings. The van der Waals surface area contributed by atoms with E-state index < -0.39 is 0 Å². The number of rotatable bonds is 4. The van der Waals surface area contributed by atoms with Gasteiger partial charge < -0.3 is 10.4 Å². The number of carbonyl (C=O) groups is 1. The molecular formula is C16H19N3O2. The maximum atomic E-state index is 12.4. The number of benzene rings is 1. The van der Waals surface area contributed by atoms with Crippen LogP contribution in [0.15, 0.2) is 36.5 Å². The molecule has 3 rings (SSSR count). The summed E-state index contributed by atoms with van der Waals surface area (Å²) in [5.74, 6) is -0.0612. The van der Waals surface area contributed by atoms with Crippen molar-refractivity contribution >= 4 is 5.91 Å². The van der Waals surface area contributed by atoms with Crippen molar-refractivity contribution in [2.45, 2.75) is 25.3 Å². The molecule has 0 bridgehead atoms. The second kappa shape index (κ2) is 6.10. The molecule has 0 saturated heterocycles. The van der Waals surface area contributed by atoms with E-state index in [9.17, 15) is 9.90 Å². The van der Waals surface area contributed by atoms with E-state index in [4.69, 9.17) is 0 Å². The molecule has 110 valence electrons. The van der Waals surface area contributed by atoms with Crippen LogP contribution in [-0.2, 0) is 17.6 Å². The molecule has 2 aromatic rings. The number of carbonyl (C=O) groups excluding carboxylic acids is 1. The van der Waals surface area contributed by atoms with Gasteiger partial charge in [0.15, 0.2) is 0 Å². The third kappa shape index (κ3) is 2.97. The van der Waals surface area contributed by atoms with E-state index >= 15 is 0 Å². The molecule has 1 aromatic carbocycles. The van der Waals surface area contributed by atoms with Crippen molar-refractivity contribution in [2.24, 2.45) is 5.92 Å². The van der Waals surface area contributed by atoms with Crippen molar-refractivity contribution in [1.82, 2.24) is 15.5 Å². The van der Waals surface area contributed by atoms with Crippen LogP contribution >= 0.6 is 0 Å². The maximum absolute atomic E-state index is 12.4. The lowest BCUT2D eigenvalue weighted by Gasteiger charge is -2.24. The van der Waals surface area contributed by atoms with Crippen LogP contribution in [-0.4, -0.2) is 27.8 Å². The molecule has 5 heteroatoms. The Morgan fingerprint density at radius 3 is 3.00 bits per heavy atom.